The van der Waals surface area contributed by atoms with Gasteiger partial charge in [-0.25, -0.2) is 4.98 Å². The lowest BCUT2D eigenvalue weighted by Gasteiger charge is -2.15. The Hall–Kier alpha value is -0.570. The molecule has 1 rings (SSSR count). The molecular weight excluding hydrogens is 170 g/mol. The van der Waals surface area contributed by atoms with Crippen LogP contribution in [0.5, 0.6) is 5.19 Å². The molecule has 0 atom stereocenters. The highest BCUT2D eigenvalue weighted by Gasteiger charge is 2.21. The van der Waals surface area contributed by atoms with Crippen LogP contribution in [0.15, 0.2) is 0 Å². The SMILES string of the molecule is COc1nc(C(C)(C)C)c(C)s1. The third-order valence-corrected chi connectivity index (χ3v) is 2.59. The molecule has 0 amide bonds. The van der Waals surface area contributed by atoms with Crippen molar-refractivity contribution in [3.05, 3.63) is 10.6 Å². The molecule has 1 aromatic heterocycles. The average Bonchev–Trinajstić information content (AvgIpc) is 2.29. The standard InChI is InChI=1S/C9H15NOS/c1-6-7(9(2,3)4)10-8(11-5)12-6/h1-5H3. The van der Waals surface area contributed by atoms with Gasteiger partial charge in [-0.15, -0.1) is 0 Å². The zero-order valence-electron chi connectivity index (χ0n) is 8.26. The molecular formula is C9H15NOS. The Labute approximate surface area is 77.6 Å². The van der Waals surface area contributed by atoms with Crippen LogP contribution >= 0.6 is 11.3 Å². The quantitative estimate of drug-likeness (QED) is 0.671. The molecule has 0 saturated carbocycles. The van der Waals surface area contributed by atoms with Crippen molar-refractivity contribution in [2.75, 3.05) is 7.11 Å². The van der Waals surface area contributed by atoms with Gasteiger partial charge in [-0.2, -0.15) is 0 Å². The Bertz CT molecular complexity index is 273. The number of hydrogen-bond donors (Lipinski definition) is 0. The maximum absolute atomic E-state index is 5.08. The van der Waals surface area contributed by atoms with Crippen LogP contribution in [0, 0.1) is 6.92 Å². The number of rotatable bonds is 1. The zero-order chi connectivity index (χ0) is 9.35. The minimum Gasteiger partial charge on any atom is -0.473 e. The number of aromatic nitrogens is 1. The molecule has 12 heavy (non-hydrogen) atoms. The molecule has 0 bridgehead atoms. The van der Waals surface area contributed by atoms with Crippen molar-refractivity contribution < 1.29 is 4.74 Å². The molecule has 2 nitrogen and oxygen atoms in total. The molecule has 0 aromatic carbocycles. The van der Waals surface area contributed by atoms with Crippen molar-refractivity contribution in [1.82, 2.24) is 4.98 Å². The second-order valence-corrected chi connectivity index (χ2v) is 5.00. The van der Waals surface area contributed by atoms with Crippen molar-refractivity contribution in [2.24, 2.45) is 0 Å². The smallest absolute Gasteiger partial charge is 0.273 e. The summed E-state index contributed by atoms with van der Waals surface area (Å²) in [5.41, 5.74) is 1.27. The summed E-state index contributed by atoms with van der Waals surface area (Å²) in [4.78, 5) is 5.65. The minimum atomic E-state index is 0.122. The Morgan fingerprint density at radius 3 is 2.17 bits per heavy atom. The van der Waals surface area contributed by atoms with Crippen LogP contribution < -0.4 is 4.74 Å². The molecule has 0 unspecified atom stereocenters. The molecule has 0 radical (unpaired) electrons. The van der Waals surface area contributed by atoms with Gasteiger partial charge in [0.1, 0.15) is 0 Å². The van der Waals surface area contributed by atoms with Crippen LogP contribution in [-0.2, 0) is 5.41 Å². The average molecular weight is 185 g/mol. The van der Waals surface area contributed by atoms with Gasteiger partial charge in [0.05, 0.1) is 12.8 Å². The van der Waals surface area contributed by atoms with Crippen LogP contribution in [0.3, 0.4) is 0 Å². The van der Waals surface area contributed by atoms with Gasteiger partial charge < -0.3 is 4.74 Å². The van der Waals surface area contributed by atoms with Crippen molar-refractivity contribution in [3.63, 3.8) is 0 Å². The number of thiazole rings is 1. The molecule has 0 spiro atoms. The first kappa shape index (κ1) is 9.52. The molecule has 3 heteroatoms. The van der Waals surface area contributed by atoms with Gasteiger partial charge in [0.15, 0.2) is 0 Å². The van der Waals surface area contributed by atoms with Crippen LogP contribution in [-0.4, -0.2) is 12.1 Å². The van der Waals surface area contributed by atoms with E-state index in [1.54, 1.807) is 18.4 Å². The highest BCUT2D eigenvalue weighted by Crippen LogP contribution is 2.31. The number of methoxy groups -OCH3 is 1. The number of hydrogen-bond acceptors (Lipinski definition) is 3. The van der Waals surface area contributed by atoms with Gasteiger partial charge in [-0.3, -0.25) is 0 Å². The number of nitrogens with zero attached hydrogens (tertiary/aromatic N) is 1. The molecule has 0 fully saturated rings. The zero-order valence-corrected chi connectivity index (χ0v) is 9.08. The first-order chi connectivity index (χ1) is 5.45. The summed E-state index contributed by atoms with van der Waals surface area (Å²) >= 11 is 1.61. The van der Waals surface area contributed by atoms with Crippen molar-refractivity contribution in [1.29, 1.82) is 0 Å². The molecule has 0 saturated heterocycles. The summed E-state index contributed by atoms with van der Waals surface area (Å²) in [6.07, 6.45) is 0. The lowest BCUT2D eigenvalue weighted by atomic mass is 9.92. The summed E-state index contributed by atoms with van der Waals surface area (Å²) < 4.78 is 5.08. The van der Waals surface area contributed by atoms with Gasteiger partial charge in [0.2, 0.25) is 0 Å². The van der Waals surface area contributed by atoms with Crippen molar-refractivity contribution >= 4 is 11.3 Å². The molecule has 0 aliphatic rings. The van der Waals surface area contributed by atoms with E-state index in [4.69, 9.17) is 4.74 Å². The fraction of sp³-hybridized carbons (Fsp3) is 0.667. The van der Waals surface area contributed by atoms with E-state index in [1.807, 2.05) is 0 Å². The molecule has 1 aromatic rings. The molecule has 0 aliphatic heterocycles. The summed E-state index contributed by atoms with van der Waals surface area (Å²) in [6.45, 7) is 8.57. The monoisotopic (exact) mass is 185 g/mol. The Kier molecular flexibility index (Phi) is 2.42. The second kappa shape index (κ2) is 3.05. The summed E-state index contributed by atoms with van der Waals surface area (Å²) in [5.74, 6) is 0. The first-order valence-corrected chi connectivity index (χ1v) is 4.78. The predicted molar refractivity (Wildman–Crippen MR) is 52.1 cm³/mol. The molecule has 68 valence electrons. The lowest BCUT2D eigenvalue weighted by molar-refractivity contribution is 0.407. The van der Waals surface area contributed by atoms with E-state index in [1.165, 1.54) is 4.88 Å². The molecule has 1 heterocycles. The van der Waals surface area contributed by atoms with E-state index >= 15 is 0 Å². The minimum absolute atomic E-state index is 0.122. The third kappa shape index (κ3) is 1.78. The van der Waals surface area contributed by atoms with Crippen molar-refractivity contribution in [2.45, 2.75) is 33.1 Å². The van der Waals surface area contributed by atoms with Gasteiger partial charge >= 0.3 is 0 Å². The fourth-order valence-corrected chi connectivity index (χ4v) is 2.09. The highest BCUT2D eigenvalue weighted by molar-refractivity contribution is 7.13. The number of ether oxygens (including phenoxy) is 1. The van der Waals surface area contributed by atoms with Crippen LogP contribution in [0.4, 0.5) is 0 Å². The van der Waals surface area contributed by atoms with Crippen molar-refractivity contribution in [3.8, 4) is 5.19 Å². The fourth-order valence-electron chi connectivity index (χ4n) is 1.16. The second-order valence-electron chi connectivity index (χ2n) is 3.84. The van der Waals surface area contributed by atoms with Crippen LogP contribution in [0.25, 0.3) is 0 Å². The maximum atomic E-state index is 5.08. The topological polar surface area (TPSA) is 22.1 Å². The van der Waals surface area contributed by atoms with Gasteiger partial charge in [0, 0.05) is 10.3 Å². The summed E-state index contributed by atoms with van der Waals surface area (Å²) in [7, 11) is 1.66. The van der Waals surface area contributed by atoms with Gasteiger partial charge in [-0.05, 0) is 6.92 Å². The van der Waals surface area contributed by atoms with E-state index in [9.17, 15) is 0 Å². The van der Waals surface area contributed by atoms with Crippen LogP contribution in [0.2, 0.25) is 0 Å². The van der Waals surface area contributed by atoms with E-state index in [0.717, 1.165) is 10.9 Å². The van der Waals surface area contributed by atoms with E-state index < -0.39 is 0 Å². The third-order valence-electron chi connectivity index (χ3n) is 1.66. The van der Waals surface area contributed by atoms with E-state index in [0.29, 0.717) is 0 Å². The Balaban J connectivity index is 3.08. The highest BCUT2D eigenvalue weighted by atomic mass is 32.1. The lowest BCUT2D eigenvalue weighted by Crippen LogP contribution is -2.12. The number of aryl methyl sites for hydroxylation is 1. The Morgan fingerprint density at radius 2 is 1.92 bits per heavy atom. The molecule has 0 aliphatic carbocycles. The van der Waals surface area contributed by atoms with E-state index in [2.05, 4.69) is 32.7 Å². The normalized spacial score (nSPS) is 11.8. The first-order valence-electron chi connectivity index (χ1n) is 3.97. The molecule has 0 N–H and O–H groups in total. The summed E-state index contributed by atoms with van der Waals surface area (Å²) in [5, 5.41) is 0.762. The van der Waals surface area contributed by atoms with Gasteiger partial charge in [0.25, 0.3) is 5.19 Å². The maximum Gasteiger partial charge on any atom is 0.273 e. The van der Waals surface area contributed by atoms with Gasteiger partial charge in [-0.1, -0.05) is 32.1 Å². The summed E-state index contributed by atoms with van der Waals surface area (Å²) in [6, 6.07) is 0. The van der Waals surface area contributed by atoms with E-state index in [-0.39, 0.29) is 5.41 Å². The largest absolute Gasteiger partial charge is 0.473 e. The van der Waals surface area contributed by atoms with Crippen LogP contribution in [0.1, 0.15) is 31.3 Å². The Morgan fingerprint density at radius 1 is 1.33 bits per heavy atom. The predicted octanol–water partition coefficient (Wildman–Crippen LogP) is 2.76.